The zero-order valence-electron chi connectivity index (χ0n) is 36.8. The average Bonchev–Trinajstić information content (AvgIpc) is 3.63. The number of aromatic nitrogens is 3. The minimum Gasteiger partial charge on any atom is -0.495 e. The largest absolute Gasteiger partial charge is 0.495 e. The number of rotatable bonds is 18. The van der Waals surface area contributed by atoms with Crippen molar-refractivity contribution in [2.75, 3.05) is 69.8 Å². The first-order chi connectivity index (χ1) is 30.7. The van der Waals surface area contributed by atoms with Crippen molar-refractivity contribution >= 4 is 75.8 Å². The normalized spacial score (nSPS) is 17.7. The molecule has 2 aliphatic heterocycles. The summed E-state index contributed by atoms with van der Waals surface area (Å²) in [5, 5.41) is 12.2. The van der Waals surface area contributed by atoms with Crippen LogP contribution in [0.1, 0.15) is 67.6 Å². The molecule has 1 aliphatic carbocycles. The molecule has 3 aliphatic rings. The highest BCUT2D eigenvalue weighted by Crippen LogP contribution is 2.41. The number of nitrogens with zero attached hydrogens (tertiary/aromatic N) is 6. The number of benzene rings is 2. The van der Waals surface area contributed by atoms with Crippen molar-refractivity contribution in [3.63, 3.8) is 0 Å². The number of thiazole rings is 1. The molecule has 4 N–H and O–H groups in total. The van der Waals surface area contributed by atoms with E-state index in [0.29, 0.717) is 91.7 Å². The van der Waals surface area contributed by atoms with E-state index in [9.17, 15) is 19.2 Å². The maximum Gasteiger partial charge on any atom is 0.258 e. The van der Waals surface area contributed by atoms with Crippen LogP contribution < -0.4 is 26.0 Å². The molecule has 0 bridgehead atoms. The van der Waals surface area contributed by atoms with Gasteiger partial charge in [-0.2, -0.15) is 16.7 Å². The molecule has 15 nitrogen and oxygen atoms in total. The number of methoxy groups -OCH3 is 1. The summed E-state index contributed by atoms with van der Waals surface area (Å²) < 4.78 is 19.8. The average molecular weight is 936 g/mol. The molecule has 4 amide bonds. The number of likely N-dealkylation sites (tertiary alicyclic amines) is 1. The summed E-state index contributed by atoms with van der Waals surface area (Å²) in [5.74, 6) is 0.450. The Morgan fingerprint density at radius 1 is 1.06 bits per heavy atom. The predicted octanol–water partition coefficient (Wildman–Crippen LogP) is 6.31. The van der Waals surface area contributed by atoms with Crippen molar-refractivity contribution in [3.05, 3.63) is 76.0 Å². The molecular formula is C45H56ClFN10O5S2. The Morgan fingerprint density at radius 3 is 2.48 bits per heavy atom. The van der Waals surface area contributed by atoms with Crippen LogP contribution in [-0.2, 0) is 20.9 Å². The van der Waals surface area contributed by atoms with Crippen molar-refractivity contribution in [1.82, 2.24) is 40.3 Å². The van der Waals surface area contributed by atoms with Gasteiger partial charge in [-0.1, -0.05) is 35.9 Å². The van der Waals surface area contributed by atoms with Crippen molar-refractivity contribution in [2.45, 2.75) is 81.9 Å². The highest BCUT2D eigenvalue weighted by atomic mass is 35.5. The molecular weight excluding hydrogens is 879 g/mol. The Morgan fingerprint density at radius 2 is 1.81 bits per heavy atom. The smallest absolute Gasteiger partial charge is 0.258 e. The van der Waals surface area contributed by atoms with Crippen LogP contribution in [0.25, 0.3) is 10.4 Å². The minimum absolute atomic E-state index is 0.0910. The Hall–Kier alpha value is -5.04. The quantitative estimate of drug-likeness (QED) is 0.0821. The van der Waals surface area contributed by atoms with Gasteiger partial charge in [-0.05, 0) is 94.5 Å². The molecule has 3 fully saturated rings. The molecule has 1 saturated carbocycles. The predicted molar refractivity (Wildman–Crippen MR) is 250 cm³/mol. The molecule has 0 unspecified atom stereocenters. The van der Waals surface area contributed by atoms with Crippen LogP contribution in [0.2, 0.25) is 5.02 Å². The van der Waals surface area contributed by atoms with E-state index in [1.165, 1.54) is 13.3 Å². The van der Waals surface area contributed by atoms with E-state index in [2.05, 4.69) is 41.1 Å². The van der Waals surface area contributed by atoms with Gasteiger partial charge in [0.05, 0.1) is 35.1 Å². The fourth-order valence-corrected chi connectivity index (χ4v) is 10.1. The molecule has 2 saturated heterocycles. The second-order valence-electron chi connectivity index (χ2n) is 16.9. The molecule has 342 valence electrons. The van der Waals surface area contributed by atoms with Crippen LogP contribution in [0.15, 0.2) is 54.2 Å². The van der Waals surface area contributed by atoms with Gasteiger partial charge in [0.15, 0.2) is 5.67 Å². The van der Waals surface area contributed by atoms with Gasteiger partial charge in [0, 0.05) is 56.6 Å². The van der Waals surface area contributed by atoms with E-state index in [1.54, 1.807) is 53.2 Å². The molecule has 64 heavy (non-hydrogen) atoms. The number of piperazine rings is 1. The van der Waals surface area contributed by atoms with Gasteiger partial charge in [0.1, 0.15) is 28.7 Å². The monoisotopic (exact) mass is 934 g/mol. The molecule has 7 rings (SSSR count). The van der Waals surface area contributed by atoms with Crippen molar-refractivity contribution in [2.24, 2.45) is 0 Å². The molecule has 19 heteroatoms. The number of nitrogens with one attached hydrogen (secondary N) is 4. The Kier molecular flexibility index (Phi) is 15.0. The maximum absolute atomic E-state index is 15.1. The molecule has 0 radical (unpaired) electrons. The third-order valence-corrected chi connectivity index (χ3v) is 14.7. The van der Waals surface area contributed by atoms with Gasteiger partial charge in [-0.25, -0.2) is 14.4 Å². The van der Waals surface area contributed by atoms with E-state index in [-0.39, 0.29) is 30.6 Å². The lowest BCUT2D eigenvalue weighted by Gasteiger charge is -2.38. The summed E-state index contributed by atoms with van der Waals surface area (Å²) in [6.45, 7) is 9.74. The summed E-state index contributed by atoms with van der Waals surface area (Å²) >= 11 is 9.26. The summed E-state index contributed by atoms with van der Waals surface area (Å²) in [5.41, 5.74) is 3.93. The first-order valence-corrected chi connectivity index (χ1v) is 23.8. The first-order valence-electron chi connectivity index (χ1n) is 21.6. The number of thioether (sulfide) groups is 1. The molecule has 4 heterocycles. The Bertz CT molecular complexity index is 2320. The Labute approximate surface area is 386 Å². The minimum atomic E-state index is -1.96. The number of carbonyl (C=O) groups is 4. The highest BCUT2D eigenvalue weighted by Gasteiger charge is 2.53. The molecule has 2 aromatic carbocycles. The standard InChI is InChI=1S/C45H56ClFN10O5S2/c1-28-36(63-27-51-28)30-11-9-29(10-12-30)25-49-39(58)34-8-6-18-57(34)41(60)37(53-42(61)45(47)15-16-45)44(2,3)64-23-7-17-55-19-21-56(22-20-55)40(59)31-13-14-33(35(24-31)62-5)52-43-50-26-32(46)38(48-4)54-43/h9-14,24,26-27,34,37H,6-8,15-23,25H2,1-5H3,(H,49,58)(H,53,61)(H2,48,50,52,54)/t34-,37+/m0/s1. The number of ether oxygens (including phenoxy) is 1. The lowest BCUT2D eigenvalue weighted by molar-refractivity contribution is -0.143. The third-order valence-electron chi connectivity index (χ3n) is 12.0. The van der Waals surface area contributed by atoms with Crippen LogP contribution >= 0.6 is 34.7 Å². The molecule has 2 aromatic heterocycles. The number of carbonyl (C=O) groups excluding carboxylic acids is 4. The maximum atomic E-state index is 15.1. The van der Waals surface area contributed by atoms with Crippen LogP contribution in [0, 0.1) is 6.92 Å². The summed E-state index contributed by atoms with van der Waals surface area (Å²) in [6.07, 6.45) is 3.68. The zero-order valence-corrected chi connectivity index (χ0v) is 39.2. The topological polar surface area (TPSA) is 174 Å². The lowest BCUT2D eigenvalue weighted by atomic mass is 10.00. The van der Waals surface area contributed by atoms with Crippen molar-refractivity contribution in [3.8, 4) is 16.2 Å². The zero-order chi connectivity index (χ0) is 45.6. The van der Waals surface area contributed by atoms with Gasteiger partial charge < -0.3 is 35.8 Å². The van der Waals surface area contributed by atoms with E-state index in [4.69, 9.17) is 16.3 Å². The number of anilines is 3. The number of halogens is 2. The fourth-order valence-electron chi connectivity index (χ4n) is 7.97. The third kappa shape index (κ3) is 11.1. The number of hydrogen-bond donors (Lipinski definition) is 4. The second-order valence-corrected chi connectivity index (χ2v) is 19.9. The van der Waals surface area contributed by atoms with Gasteiger partial charge in [0.2, 0.25) is 17.8 Å². The van der Waals surface area contributed by atoms with Gasteiger partial charge in [0.25, 0.3) is 11.8 Å². The summed E-state index contributed by atoms with van der Waals surface area (Å²) in [6, 6.07) is 11.5. The second kappa shape index (κ2) is 20.4. The van der Waals surface area contributed by atoms with Crippen molar-refractivity contribution < 1.29 is 28.3 Å². The summed E-state index contributed by atoms with van der Waals surface area (Å²) in [7, 11) is 3.25. The molecule has 4 aromatic rings. The number of hydrogen-bond acceptors (Lipinski definition) is 13. The van der Waals surface area contributed by atoms with Gasteiger partial charge in [-0.3, -0.25) is 24.1 Å². The number of amides is 4. The van der Waals surface area contributed by atoms with E-state index in [1.807, 2.05) is 55.4 Å². The van der Waals surface area contributed by atoms with Crippen molar-refractivity contribution in [1.29, 1.82) is 0 Å². The van der Waals surface area contributed by atoms with Crippen LogP contribution in [0.3, 0.4) is 0 Å². The van der Waals surface area contributed by atoms with Gasteiger partial charge in [-0.15, -0.1) is 11.3 Å². The molecule has 2 atom stereocenters. The Balaban J connectivity index is 0.898. The summed E-state index contributed by atoms with van der Waals surface area (Å²) in [4.78, 5) is 74.4. The number of alkyl halides is 1. The van der Waals surface area contributed by atoms with Crippen LogP contribution in [0.4, 0.5) is 21.8 Å². The lowest BCUT2D eigenvalue weighted by Crippen LogP contribution is -2.61. The number of aryl methyl sites for hydroxylation is 1. The fraction of sp³-hybridized carbons (Fsp3) is 0.489. The van der Waals surface area contributed by atoms with Gasteiger partial charge >= 0.3 is 0 Å². The van der Waals surface area contributed by atoms with Crippen LogP contribution in [0.5, 0.6) is 5.75 Å². The highest BCUT2D eigenvalue weighted by molar-refractivity contribution is 8.00. The van der Waals surface area contributed by atoms with E-state index < -0.39 is 28.4 Å². The first kappa shape index (κ1) is 46.9. The van der Waals surface area contributed by atoms with E-state index in [0.717, 1.165) is 34.7 Å². The van der Waals surface area contributed by atoms with Crippen LogP contribution in [-0.4, -0.2) is 135 Å². The SMILES string of the molecule is CNc1nc(Nc2ccc(C(=O)N3CCN(CCCSC(C)(C)[C@H](NC(=O)C4(F)CC4)C(=O)N4CCC[C@H]4C(=O)NCc4ccc(-c5scnc5C)cc4)CC3)cc2OC)ncc1Cl. The van der Waals surface area contributed by atoms with E-state index >= 15 is 4.39 Å². The molecule has 0 spiro atoms.